The van der Waals surface area contributed by atoms with Gasteiger partial charge in [-0.05, 0) is 30.3 Å². The highest BCUT2D eigenvalue weighted by atomic mass is 32.1. The molecule has 0 spiro atoms. The predicted molar refractivity (Wildman–Crippen MR) is 87.8 cm³/mol. The Morgan fingerprint density at radius 1 is 0.955 bits per heavy atom. The first-order valence-corrected chi connectivity index (χ1v) is 7.56. The van der Waals surface area contributed by atoms with E-state index in [2.05, 4.69) is 4.98 Å². The molecular weight excluding hydrogens is 298 g/mol. The number of methoxy groups -OCH3 is 2. The van der Waals surface area contributed by atoms with Crippen molar-refractivity contribution in [3.63, 3.8) is 0 Å². The summed E-state index contributed by atoms with van der Waals surface area (Å²) in [4.78, 5) is 4.63. The number of hydrogen-bond donors (Lipinski definition) is 1. The molecule has 5 heteroatoms. The zero-order valence-corrected chi connectivity index (χ0v) is 13.1. The number of hydrogen-bond acceptors (Lipinski definition) is 5. The maximum absolute atomic E-state index is 9.57. The predicted octanol–water partition coefficient (Wildman–Crippen LogP) is 4.20. The number of aromatic hydroxyl groups is 1. The summed E-state index contributed by atoms with van der Waals surface area (Å²) in [6.45, 7) is 0. The van der Waals surface area contributed by atoms with Crippen LogP contribution in [0.4, 0.5) is 0 Å². The molecule has 0 aliphatic heterocycles. The first-order chi connectivity index (χ1) is 10.7. The number of thiazole rings is 1. The Bertz CT molecular complexity index is 798. The van der Waals surface area contributed by atoms with E-state index in [-0.39, 0.29) is 5.75 Å². The van der Waals surface area contributed by atoms with Gasteiger partial charge in [0.2, 0.25) is 0 Å². The molecule has 1 aromatic heterocycles. The number of ether oxygens (including phenoxy) is 2. The van der Waals surface area contributed by atoms with E-state index >= 15 is 0 Å². The largest absolute Gasteiger partial charge is 0.508 e. The molecule has 0 atom stereocenters. The lowest BCUT2D eigenvalue weighted by Crippen LogP contribution is -1.90. The van der Waals surface area contributed by atoms with E-state index in [9.17, 15) is 5.11 Å². The van der Waals surface area contributed by atoms with Crippen LogP contribution in [-0.4, -0.2) is 24.3 Å². The van der Waals surface area contributed by atoms with Gasteiger partial charge in [0.15, 0.2) is 11.5 Å². The van der Waals surface area contributed by atoms with Crippen LogP contribution in [0.25, 0.3) is 21.8 Å². The van der Waals surface area contributed by atoms with Gasteiger partial charge in [-0.15, -0.1) is 11.3 Å². The molecule has 2 aromatic carbocycles. The van der Waals surface area contributed by atoms with E-state index in [1.165, 1.54) is 11.3 Å². The molecule has 1 heterocycles. The lowest BCUT2D eigenvalue weighted by atomic mass is 10.1. The molecular formula is C17H15NO3S. The quantitative estimate of drug-likeness (QED) is 0.784. The summed E-state index contributed by atoms with van der Waals surface area (Å²) in [7, 11) is 3.22. The standard InChI is InChI=1S/C17H15NO3S/c1-20-15-7-6-11(9-16(15)21-2)14-10-22-17(18-14)12-4-3-5-13(19)8-12/h3-10,19H,1-2H3. The van der Waals surface area contributed by atoms with Gasteiger partial charge in [-0.2, -0.15) is 0 Å². The summed E-state index contributed by atoms with van der Waals surface area (Å²) < 4.78 is 10.6. The third kappa shape index (κ3) is 2.76. The van der Waals surface area contributed by atoms with Gasteiger partial charge < -0.3 is 14.6 Å². The summed E-state index contributed by atoms with van der Waals surface area (Å²) in [6.07, 6.45) is 0. The van der Waals surface area contributed by atoms with E-state index in [4.69, 9.17) is 9.47 Å². The van der Waals surface area contributed by atoms with Gasteiger partial charge in [-0.3, -0.25) is 0 Å². The van der Waals surface area contributed by atoms with Crippen molar-refractivity contribution < 1.29 is 14.6 Å². The number of benzene rings is 2. The van der Waals surface area contributed by atoms with Crippen LogP contribution < -0.4 is 9.47 Å². The van der Waals surface area contributed by atoms with Crippen molar-refractivity contribution in [2.75, 3.05) is 14.2 Å². The second-order valence-electron chi connectivity index (χ2n) is 4.66. The fourth-order valence-electron chi connectivity index (χ4n) is 2.17. The molecule has 22 heavy (non-hydrogen) atoms. The zero-order valence-electron chi connectivity index (χ0n) is 12.2. The molecule has 3 aromatic rings. The van der Waals surface area contributed by atoms with Crippen LogP contribution in [0.15, 0.2) is 47.8 Å². The number of phenols is 1. The van der Waals surface area contributed by atoms with Gasteiger partial charge in [0.05, 0.1) is 19.9 Å². The second kappa shape index (κ2) is 6.07. The van der Waals surface area contributed by atoms with Crippen LogP contribution in [0.3, 0.4) is 0 Å². The second-order valence-corrected chi connectivity index (χ2v) is 5.52. The number of rotatable bonds is 4. The molecule has 1 N–H and O–H groups in total. The van der Waals surface area contributed by atoms with E-state index in [0.29, 0.717) is 11.5 Å². The Morgan fingerprint density at radius 2 is 1.77 bits per heavy atom. The van der Waals surface area contributed by atoms with Gasteiger partial charge in [-0.1, -0.05) is 12.1 Å². The number of phenolic OH excluding ortho intramolecular Hbond substituents is 1. The highest BCUT2D eigenvalue weighted by Crippen LogP contribution is 2.35. The molecule has 3 rings (SSSR count). The van der Waals surface area contributed by atoms with Crippen LogP contribution >= 0.6 is 11.3 Å². The number of aromatic nitrogens is 1. The van der Waals surface area contributed by atoms with Gasteiger partial charge in [0.25, 0.3) is 0 Å². The van der Waals surface area contributed by atoms with Crippen molar-refractivity contribution in [1.82, 2.24) is 4.98 Å². The van der Waals surface area contributed by atoms with Crippen molar-refractivity contribution in [2.24, 2.45) is 0 Å². The average molecular weight is 313 g/mol. The van der Waals surface area contributed by atoms with Gasteiger partial charge in [0, 0.05) is 16.5 Å². The third-order valence-electron chi connectivity index (χ3n) is 3.28. The molecule has 0 aliphatic rings. The fourth-order valence-corrected chi connectivity index (χ4v) is 3.00. The molecule has 0 unspecified atom stereocenters. The average Bonchev–Trinajstić information content (AvgIpc) is 3.04. The Labute approximate surface area is 132 Å². The van der Waals surface area contributed by atoms with Crippen molar-refractivity contribution in [1.29, 1.82) is 0 Å². The first-order valence-electron chi connectivity index (χ1n) is 6.68. The van der Waals surface area contributed by atoms with E-state index in [1.54, 1.807) is 26.4 Å². The summed E-state index contributed by atoms with van der Waals surface area (Å²) in [6, 6.07) is 12.8. The molecule has 0 amide bonds. The zero-order chi connectivity index (χ0) is 15.5. The monoisotopic (exact) mass is 313 g/mol. The van der Waals surface area contributed by atoms with Gasteiger partial charge in [0.1, 0.15) is 10.8 Å². The Balaban J connectivity index is 1.97. The van der Waals surface area contributed by atoms with Crippen LogP contribution in [0.5, 0.6) is 17.2 Å². The van der Waals surface area contributed by atoms with Crippen LogP contribution in [0.1, 0.15) is 0 Å². The van der Waals surface area contributed by atoms with Crippen molar-refractivity contribution in [3.05, 3.63) is 47.8 Å². The summed E-state index contributed by atoms with van der Waals surface area (Å²) in [5, 5.41) is 12.4. The summed E-state index contributed by atoms with van der Waals surface area (Å²) >= 11 is 1.54. The molecule has 0 radical (unpaired) electrons. The maximum atomic E-state index is 9.57. The molecule has 0 bridgehead atoms. The minimum atomic E-state index is 0.236. The highest BCUT2D eigenvalue weighted by molar-refractivity contribution is 7.13. The van der Waals surface area contributed by atoms with Crippen LogP contribution in [-0.2, 0) is 0 Å². The van der Waals surface area contributed by atoms with Crippen molar-refractivity contribution in [2.45, 2.75) is 0 Å². The van der Waals surface area contributed by atoms with Crippen LogP contribution in [0.2, 0.25) is 0 Å². The summed E-state index contributed by atoms with van der Waals surface area (Å²) in [5.74, 6) is 1.60. The molecule has 0 fully saturated rings. The lowest BCUT2D eigenvalue weighted by molar-refractivity contribution is 0.355. The minimum absolute atomic E-state index is 0.236. The number of nitrogens with zero attached hydrogens (tertiary/aromatic N) is 1. The van der Waals surface area contributed by atoms with E-state index in [1.807, 2.05) is 35.7 Å². The molecule has 112 valence electrons. The molecule has 4 nitrogen and oxygen atoms in total. The maximum Gasteiger partial charge on any atom is 0.161 e. The van der Waals surface area contributed by atoms with Crippen molar-refractivity contribution in [3.8, 4) is 39.1 Å². The van der Waals surface area contributed by atoms with Gasteiger partial charge >= 0.3 is 0 Å². The lowest BCUT2D eigenvalue weighted by Gasteiger charge is -2.08. The smallest absolute Gasteiger partial charge is 0.161 e. The van der Waals surface area contributed by atoms with Gasteiger partial charge in [-0.25, -0.2) is 4.98 Å². The molecule has 0 saturated carbocycles. The SMILES string of the molecule is COc1ccc(-c2csc(-c3cccc(O)c3)n2)cc1OC. The first kappa shape index (κ1) is 14.4. The third-order valence-corrected chi connectivity index (χ3v) is 4.17. The van der Waals surface area contributed by atoms with Crippen molar-refractivity contribution >= 4 is 11.3 Å². The van der Waals surface area contributed by atoms with Crippen LogP contribution in [0, 0.1) is 0 Å². The Morgan fingerprint density at radius 3 is 2.50 bits per heavy atom. The van der Waals surface area contributed by atoms with E-state index in [0.717, 1.165) is 21.8 Å². The highest BCUT2D eigenvalue weighted by Gasteiger charge is 2.10. The molecule has 0 saturated heterocycles. The fraction of sp³-hybridized carbons (Fsp3) is 0.118. The normalized spacial score (nSPS) is 10.5. The minimum Gasteiger partial charge on any atom is -0.508 e. The van der Waals surface area contributed by atoms with E-state index < -0.39 is 0 Å². The Hall–Kier alpha value is -2.53. The molecule has 0 aliphatic carbocycles. The summed E-state index contributed by atoms with van der Waals surface area (Å²) in [5.41, 5.74) is 2.72. The topological polar surface area (TPSA) is 51.6 Å². The Kier molecular flexibility index (Phi) is 3.98.